The second-order valence-electron chi connectivity index (χ2n) is 6.07. The van der Waals surface area contributed by atoms with Crippen LogP contribution in [0.25, 0.3) is 22.5 Å². The molecule has 2 aromatic carbocycles. The van der Waals surface area contributed by atoms with Crippen molar-refractivity contribution in [3.8, 4) is 45.4 Å². The zero-order chi connectivity index (χ0) is 18.1. The molecule has 0 amide bonds. The molecule has 3 aromatic rings. The topological polar surface area (TPSA) is 74.0 Å². The van der Waals surface area contributed by atoms with Gasteiger partial charge in [0, 0.05) is 11.6 Å². The van der Waals surface area contributed by atoms with Crippen molar-refractivity contribution in [2.24, 2.45) is 0 Å². The van der Waals surface area contributed by atoms with Gasteiger partial charge in [0.25, 0.3) is 0 Å². The Hall–Kier alpha value is -3.15. The summed E-state index contributed by atoms with van der Waals surface area (Å²) in [6.07, 6.45) is 3.44. The van der Waals surface area contributed by atoms with Crippen molar-refractivity contribution in [1.29, 1.82) is 0 Å². The molecule has 6 heteroatoms. The van der Waals surface area contributed by atoms with Gasteiger partial charge in [0.2, 0.25) is 6.79 Å². The van der Waals surface area contributed by atoms with Gasteiger partial charge < -0.3 is 23.8 Å². The molecule has 6 nitrogen and oxygen atoms in total. The molecule has 2 heterocycles. The van der Waals surface area contributed by atoms with Crippen LogP contribution in [0.15, 0.2) is 41.1 Å². The summed E-state index contributed by atoms with van der Waals surface area (Å²) < 4.78 is 21.7. The molecule has 0 saturated carbocycles. The summed E-state index contributed by atoms with van der Waals surface area (Å²) in [7, 11) is 1.60. The highest BCUT2D eigenvalue weighted by Gasteiger charge is 2.21. The van der Waals surface area contributed by atoms with Gasteiger partial charge in [-0.15, -0.1) is 0 Å². The second-order valence-corrected chi connectivity index (χ2v) is 6.07. The molecule has 0 saturated heterocycles. The molecule has 4 rings (SSSR count). The average molecular weight is 353 g/mol. The molecule has 0 unspecified atom stereocenters. The highest BCUT2D eigenvalue weighted by atomic mass is 16.7. The van der Waals surface area contributed by atoms with Gasteiger partial charge in [-0.2, -0.15) is 0 Å². The zero-order valence-electron chi connectivity index (χ0n) is 14.6. The first-order chi connectivity index (χ1) is 12.7. The molecule has 0 fully saturated rings. The van der Waals surface area contributed by atoms with Crippen LogP contribution in [0.4, 0.5) is 0 Å². The lowest BCUT2D eigenvalue weighted by Gasteiger charge is -2.12. The quantitative estimate of drug-likeness (QED) is 0.733. The first-order valence-electron chi connectivity index (χ1n) is 8.46. The number of aromatic hydroxyl groups is 1. The minimum atomic E-state index is 0.0837. The molecule has 0 radical (unpaired) electrons. The summed E-state index contributed by atoms with van der Waals surface area (Å²) in [5.41, 5.74) is 3.24. The van der Waals surface area contributed by atoms with Crippen molar-refractivity contribution < 1.29 is 23.8 Å². The zero-order valence-corrected chi connectivity index (χ0v) is 14.6. The lowest BCUT2D eigenvalue weighted by molar-refractivity contribution is 0.174. The third-order valence-electron chi connectivity index (χ3n) is 4.42. The number of hydrogen-bond acceptors (Lipinski definition) is 6. The van der Waals surface area contributed by atoms with Crippen LogP contribution in [0, 0.1) is 0 Å². The monoisotopic (exact) mass is 353 g/mol. The van der Waals surface area contributed by atoms with Gasteiger partial charge >= 0.3 is 0 Å². The van der Waals surface area contributed by atoms with Crippen molar-refractivity contribution in [2.75, 3.05) is 13.9 Å². The van der Waals surface area contributed by atoms with Crippen LogP contribution < -0.4 is 14.2 Å². The number of aromatic nitrogens is 1. The smallest absolute Gasteiger partial charge is 0.231 e. The molecule has 0 atom stereocenters. The van der Waals surface area contributed by atoms with Crippen molar-refractivity contribution in [3.63, 3.8) is 0 Å². The molecule has 1 aromatic heterocycles. The average Bonchev–Trinajstić information content (AvgIpc) is 3.31. The number of rotatable bonds is 5. The highest BCUT2D eigenvalue weighted by Crippen LogP contribution is 2.42. The number of phenolic OH excluding ortho intramolecular Hbond substituents is 1. The molecule has 26 heavy (non-hydrogen) atoms. The molecule has 1 N–H and O–H groups in total. The van der Waals surface area contributed by atoms with Crippen LogP contribution in [-0.4, -0.2) is 24.2 Å². The summed E-state index contributed by atoms with van der Waals surface area (Å²) in [5.74, 6) is 2.64. The minimum Gasteiger partial charge on any atom is -0.507 e. The normalized spacial score (nSPS) is 12.4. The maximum absolute atomic E-state index is 10.5. The predicted molar refractivity (Wildman–Crippen MR) is 95.7 cm³/mol. The van der Waals surface area contributed by atoms with Gasteiger partial charge in [-0.05, 0) is 35.7 Å². The van der Waals surface area contributed by atoms with Crippen LogP contribution in [0.5, 0.6) is 23.0 Å². The lowest BCUT2D eigenvalue weighted by atomic mass is 9.98. The van der Waals surface area contributed by atoms with Gasteiger partial charge in [0.15, 0.2) is 17.3 Å². The number of methoxy groups -OCH3 is 1. The fourth-order valence-corrected chi connectivity index (χ4v) is 3.15. The standard InChI is InChI=1S/C20H19NO5/c1-3-4-13-7-14(16(22)9-18(13)23-2)20-15(10-21-26-20)12-5-6-17-19(8-12)25-11-24-17/h5-10,22H,3-4,11H2,1-2H3. The van der Waals surface area contributed by atoms with E-state index in [1.807, 2.05) is 24.3 Å². The van der Waals surface area contributed by atoms with Gasteiger partial charge in [0.05, 0.1) is 18.9 Å². The van der Waals surface area contributed by atoms with E-state index in [0.717, 1.165) is 29.5 Å². The number of phenols is 1. The Labute approximate surface area is 150 Å². The molecule has 0 aliphatic carbocycles. The highest BCUT2D eigenvalue weighted by molar-refractivity contribution is 5.83. The van der Waals surface area contributed by atoms with E-state index < -0.39 is 0 Å². The third kappa shape index (κ3) is 2.73. The van der Waals surface area contributed by atoms with Crippen LogP contribution in [0.3, 0.4) is 0 Å². The molecule has 134 valence electrons. The molecule has 0 bridgehead atoms. The van der Waals surface area contributed by atoms with E-state index in [9.17, 15) is 5.11 Å². The third-order valence-corrected chi connectivity index (χ3v) is 4.42. The first kappa shape index (κ1) is 16.3. The van der Waals surface area contributed by atoms with Crippen molar-refractivity contribution in [1.82, 2.24) is 5.16 Å². The van der Waals surface area contributed by atoms with Crippen molar-refractivity contribution in [3.05, 3.63) is 42.1 Å². The maximum Gasteiger partial charge on any atom is 0.231 e. The molecule has 1 aliphatic rings. The first-order valence-corrected chi connectivity index (χ1v) is 8.46. The molecular formula is C20H19NO5. The summed E-state index contributed by atoms with van der Waals surface area (Å²) in [6.45, 7) is 2.31. The van der Waals surface area contributed by atoms with Crippen LogP contribution in [0.2, 0.25) is 0 Å². The molecular weight excluding hydrogens is 334 g/mol. The van der Waals surface area contributed by atoms with Gasteiger partial charge in [0.1, 0.15) is 11.5 Å². The Morgan fingerprint density at radius 2 is 1.96 bits per heavy atom. The predicted octanol–water partition coefficient (Wildman–Crippen LogP) is 4.40. The van der Waals surface area contributed by atoms with Crippen LogP contribution in [-0.2, 0) is 6.42 Å². The number of nitrogens with zero attached hydrogens (tertiary/aromatic N) is 1. The van der Waals surface area contributed by atoms with Gasteiger partial charge in [-0.1, -0.05) is 24.6 Å². The van der Waals surface area contributed by atoms with E-state index in [-0.39, 0.29) is 12.5 Å². The summed E-state index contributed by atoms with van der Waals surface area (Å²) >= 11 is 0. The second kappa shape index (κ2) is 6.63. The van der Waals surface area contributed by atoms with Crippen molar-refractivity contribution >= 4 is 0 Å². The van der Waals surface area contributed by atoms with Gasteiger partial charge in [-0.25, -0.2) is 0 Å². The van der Waals surface area contributed by atoms with Gasteiger partial charge in [-0.3, -0.25) is 0 Å². The summed E-state index contributed by atoms with van der Waals surface area (Å²) in [6, 6.07) is 9.16. The Morgan fingerprint density at radius 3 is 2.77 bits per heavy atom. The maximum atomic E-state index is 10.5. The fourth-order valence-electron chi connectivity index (χ4n) is 3.15. The summed E-state index contributed by atoms with van der Waals surface area (Å²) in [4.78, 5) is 0. The van der Waals surface area contributed by atoms with E-state index in [0.29, 0.717) is 28.6 Å². The Kier molecular flexibility index (Phi) is 4.16. The van der Waals surface area contributed by atoms with E-state index >= 15 is 0 Å². The van der Waals surface area contributed by atoms with E-state index in [1.165, 1.54) is 0 Å². The number of benzene rings is 2. The minimum absolute atomic E-state index is 0.0837. The Bertz CT molecular complexity index is 947. The lowest BCUT2D eigenvalue weighted by Crippen LogP contribution is -1.93. The molecule has 0 spiro atoms. The van der Waals surface area contributed by atoms with Crippen LogP contribution in [0.1, 0.15) is 18.9 Å². The Balaban J connectivity index is 1.81. The molecule has 1 aliphatic heterocycles. The summed E-state index contributed by atoms with van der Waals surface area (Å²) in [5, 5.41) is 14.4. The number of hydrogen-bond donors (Lipinski definition) is 1. The van der Waals surface area contributed by atoms with E-state index in [4.69, 9.17) is 18.7 Å². The van der Waals surface area contributed by atoms with Crippen LogP contribution >= 0.6 is 0 Å². The largest absolute Gasteiger partial charge is 0.507 e. The number of ether oxygens (including phenoxy) is 3. The number of aryl methyl sites for hydroxylation is 1. The fraction of sp³-hybridized carbons (Fsp3) is 0.250. The Morgan fingerprint density at radius 1 is 1.12 bits per heavy atom. The number of fused-ring (bicyclic) bond motifs is 1. The van der Waals surface area contributed by atoms with E-state index in [1.54, 1.807) is 19.4 Å². The van der Waals surface area contributed by atoms with Crippen molar-refractivity contribution in [2.45, 2.75) is 19.8 Å². The van der Waals surface area contributed by atoms with E-state index in [2.05, 4.69) is 12.1 Å². The SMILES string of the molecule is CCCc1cc(-c2oncc2-c2ccc3c(c2)OCO3)c(O)cc1OC.